The molecule has 1 heterocycles. The number of ether oxygens (including phenoxy) is 1. The van der Waals surface area contributed by atoms with E-state index in [1.54, 1.807) is 12.1 Å². The van der Waals surface area contributed by atoms with Crippen molar-refractivity contribution in [1.29, 1.82) is 0 Å². The molecule has 2 N–H and O–H groups in total. The monoisotopic (exact) mass is 233 g/mol. The Labute approximate surface area is 99.9 Å². The third-order valence-corrected chi connectivity index (χ3v) is 2.65. The van der Waals surface area contributed by atoms with Gasteiger partial charge in [0.1, 0.15) is 5.75 Å². The second kappa shape index (κ2) is 5.50. The summed E-state index contributed by atoms with van der Waals surface area (Å²) in [5.74, 6) is -0.374. The molecule has 1 aromatic carbocycles. The van der Waals surface area contributed by atoms with E-state index in [1.807, 2.05) is 12.1 Å². The fourth-order valence-electron chi connectivity index (χ4n) is 1.80. The summed E-state index contributed by atoms with van der Waals surface area (Å²) in [5.41, 5.74) is 2.50. The van der Waals surface area contributed by atoms with Crippen LogP contribution in [0.4, 0.5) is 0 Å². The normalized spacial score (nSPS) is 15.2. The second-order valence-electron chi connectivity index (χ2n) is 3.89. The quantitative estimate of drug-likeness (QED) is 0.828. The van der Waals surface area contributed by atoms with Crippen LogP contribution >= 0.6 is 0 Å². The van der Waals surface area contributed by atoms with Crippen LogP contribution in [0, 0.1) is 0 Å². The molecule has 0 radical (unpaired) electrons. The zero-order valence-corrected chi connectivity index (χ0v) is 9.48. The zero-order chi connectivity index (χ0) is 12.1. The van der Waals surface area contributed by atoms with Gasteiger partial charge in [0.2, 0.25) is 0 Å². The minimum atomic E-state index is -0.963. The summed E-state index contributed by atoms with van der Waals surface area (Å²) in [6.45, 7) is 1.61. The summed E-state index contributed by atoms with van der Waals surface area (Å²) in [4.78, 5) is 10.3. The number of benzene rings is 1. The van der Waals surface area contributed by atoms with Crippen LogP contribution in [0.5, 0.6) is 5.75 Å². The van der Waals surface area contributed by atoms with E-state index >= 15 is 0 Å². The van der Waals surface area contributed by atoms with Gasteiger partial charge in [-0.2, -0.15) is 0 Å². The number of hydrogen-bond donors (Lipinski definition) is 2. The Morgan fingerprint density at radius 3 is 2.71 bits per heavy atom. The van der Waals surface area contributed by atoms with Crippen molar-refractivity contribution in [2.24, 2.45) is 0 Å². The van der Waals surface area contributed by atoms with Crippen LogP contribution in [0.2, 0.25) is 0 Å². The average molecular weight is 233 g/mol. The number of rotatable bonds is 4. The highest BCUT2D eigenvalue weighted by Gasteiger charge is 2.06. The molecule has 0 atom stereocenters. The first kappa shape index (κ1) is 11.7. The van der Waals surface area contributed by atoms with E-state index < -0.39 is 5.97 Å². The molecule has 0 unspecified atom stereocenters. The largest absolute Gasteiger partial charge is 0.482 e. The lowest BCUT2D eigenvalue weighted by molar-refractivity contribution is -0.139. The highest BCUT2D eigenvalue weighted by Crippen LogP contribution is 2.22. The van der Waals surface area contributed by atoms with E-state index in [1.165, 1.54) is 11.1 Å². The molecule has 90 valence electrons. The van der Waals surface area contributed by atoms with Gasteiger partial charge in [-0.15, -0.1) is 0 Å². The summed E-state index contributed by atoms with van der Waals surface area (Å²) in [6, 6.07) is 7.55. The van der Waals surface area contributed by atoms with Gasteiger partial charge in [0.05, 0.1) is 0 Å². The van der Waals surface area contributed by atoms with Crippen molar-refractivity contribution in [3.05, 3.63) is 35.9 Å². The Kier molecular flexibility index (Phi) is 3.77. The van der Waals surface area contributed by atoms with Crippen molar-refractivity contribution in [2.75, 3.05) is 19.7 Å². The van der Waals surface area contributed by atoms with E-state index in [0.29, 0.717) is 5.75 Å². The lowest BCUT2D eigenvalue weighted by atomic mass is 10.0. The highest BCUT2D eigenvalue weighted by atomic mass is 16.5. The van der Waals surface area contributed by atoms with Gasteiger partial charge in [0.25, 0.3) is 0 Å². The number of nitrogens with one attached hydrogen (secondary N) is 1. The SMILES string of the molecule is O=C(O)COc1ccc(C2=CCNCC2)cc1. The Morgan fingerprint density at radius 1 is 1.35 bits per heavy atom. The summed E-state index contributed by atoms with van der Waals surface area (Å²) >= 11 is 0. The summed E-state index contributed by atoms with van der Waals surface area (Å²) in [7, 11) is 0. The second-order valence-corrected chi connectivity index (χ2v) is 3.89. The van der Waals surface area contributed by atoms with Gasteiger partial charge >= 0.3 is 5.97 Å². The Morgan fingerprint density at radius 2 is 2.12 bits per heavy atom. The van der Waals surface area contributed by atoms with Crippen LogP contribution < -0.4 is 10.1 Å². The van der Waals surface area contributed by atoms with Gasteiger partial charge in [-0.25, -0.2) is 4.79 Å². The molecule has 0 amide bonds. The maximum atomic E-state index is 10.3. The van der Waals surface area contributed by atoms with E-state index in [9.17, 15) is 4.79 Å². The fraction of sp³-hybridized carbons (Fsp3) is 0.308. The Balaban J connectivity index is 2.02. The summed E-state index contributed by atoms with van der Waals surface area (Å²) < 4.78 is 5.08. The molecular weight excluding hydrogens is 218 g/mol. The molecule has 0 aliphatic carbocycles. The number of carboxylic acid groups (broad SMARTS) is 1. The predicted octanol–water partition coefficient (Wildman–Crippen LogP) is 1.53. The smallest absolute Gasteiger partial charge is 0.341 e. The van der Waals surface area contributed by atoms with Gasteiger partial charge < -0.3 is 15.2 Å². The zero-order valence-electron chi connectivity index (χ0n) is 9.48. The van der Waals surface area contributed by atoms with Crippen molar-refractivity contribution in [1.82, 2.24) is 5.32 Å². The molecule has 1 aliphatic heterocycles. The molecule has 4 nitrogen and oxygen atoms in total. The minimum Gasteiger partial charge on any atom is -0.482 e. The van der Waals surface area contributed by atoms with Crippen molar-refractivity contribution in [3.63, 3.8) is 0 Å². The van der Waals surface area contributed by atoms with Gasteiger partial charge in [-0.05, 0) is 36.2 Å². The van der Waals surface area contributed by atoms with E-state index in [-0.39, 0.29) is 6.61 Å². The maximum absolute atomic E-state index is 10.3. The fourth-order valence-corrected chi connectivity index (χ4v) is 1.80. The number of hydrogen-bond acceptors (Lipinski definition) is 3. The van der Waals surface area contributed by atoms with Gasteiger partial charge in [-0.1, -0.05) is 18.2 Å². The van der Waals surface area contributed by atoms with Gasteiger partial charge in [-0.3, -0.25) is 0 Å². The molecular formula is C13H15NO3. The van der Waals surface area contributed by atoms with Gasteiger partial charge in [0.15, 0.2) is 6.61 Å². The number of carbonyl (C=O) groups is 1. The van der Waals surface area contributed by atoms with E-state index in [2.05, 4.69) is 11.4 Å². The lowest BCUT2D eigenvalue weighted by Crippen LogP contribution is -2.19. The van der Waals surface area contributed by atoms with Crippen LogP contribution in [0.3, 0.4) is 0 Å². The number of aliphatic carboxylic acids is 1. The number of carboxylic acids is 1. The molecule has 0 saturated carbocycles. The van der Waals surface area contributed by atoms with Crippen molar-refractivity contribution in [2.45, 2.75) is 6.42 Å². The lowest BCUT2D eigenvalue weighted by Gasteiger charge is -2.14. The van der Waals surface area contributed by atoms with Crippen molar-refractivity contribution >= 4 is 11.5 Å². The molecule has 17 heavy (non-hydrogen) atoms. The van der Waals surface area contributed by atoms with E-state index in [0.717, 1.165) is 19.5 Å². The van der Waals surface area contributed by atoms with Crippen LogP contribution in [0.25, 0.3) is 5.57 Å². The predicted molar refractivity (Wildman–Crippen MR) is 65.0 cm³/mol. The van der Waals surface area contributed by atoms with Gasteiger partial charge in [0, 0.05) is 6.54 Å². The minimum absolute atomic E-state index is 0.300. The standard InChI is InChI=1S/C13H15NO3/c15-13(16)9-17-12-3-1-10(2-4-12)11-5-7-14-8-6-11/h1-5,14H,6-9H2,(H,15,16). The van der Waals surface area contributed by atoms with Crippen molar-refractivity contribution < 1.29 is 14.6 Å². The van der Waals surface area contributed by atoms with Crippen LogP contribution in [-0.4, -0.2) is 30.8 Å². The first-order valence-corrected chi connectivity index (χ1v) is 5.60. The van der Waals surface area contributed by atoms with Crippen LogP contribution in [0.15, 0.2) is 30.3 Å². The highest BCUT2D eigenvalue weighted by molar-refractivity contribution is 5.69. The Bertz CT molecular complexity index is 423. The molecule has 2 rings (SSSR count). The molecule has 1 aromatic rings. The molecule has 0 aromatic heterocycles. The third-order valence-electron chi connectivity index (χ3n) is 2.65. The van der Waals surface area contributed by atoms with E-state index in [4.69, 9.17) is 9.84 Å². The summed E-state index contributed by atoms with van der Waals surface area (Å²) in [5, 5.41) is 11.8. The van der Waals surface area contributed by atoms with Crippen molar-refractivity contribution in [3.8, 4) is 5.75 Å². The molecule has 0 spiro atoms. The molecule has 0 fully saturated rings. The topological polar surface area (TPSA) is 58.6 Å². The van der Waals surface area contributed by atoms with Crippen LogP contribution in [0.1, 0.15) is 12.0 Å². The first-order chi connectivity index (χ1) is 8.25. The maximum Gasteiger partial charge on any atom is 0.341 e. The third kappa shape index (κ3) is 3.32. The average Bonchev–Trinajstić information content (AvgIpc) is 2.38. The van der Waals surface area contributed by atoms with Crippen LogP contribution in [-0.2, 0) is 4.79 Å². The molecule has 0 bridgehead atoms. The summed E-state index contributed by atoms with van der Waals surface area (Å²) in [6.07, 6.45) is 3.20. The molecule has 1 aliphatic rings. The molecule has 0 saturated heterocycles. The molecule has 4 heteroatoms. The first-order valence-electron chi connectivity index (χ1n) is 5.60. The Hall–Kier alpha value is -1.81.